The summed E-state index contributed by atoms with van der Waals surface area (Å²) < 4.78 is 30.1. The number of carbonyl (C=O) groups is 2. The van der Waals surface area contributed by atoms with Crippen molar-refractivity contribution >= 4 is 23.4 Å². The van der Waals surface area contributed by atoms with Gasteiger partial charge in [-0.15, -0.1) is 0 Å². The molecule has 0 saturated carbocycles. The van der Waals surface area contributed by atoms with E-state index in [1.807, 2.05) is 25.1 Å². The highest BCUT2D eigenvalue weighted by Crippen LogP contribution is 2.27. The molecule has 0 fully saturated rings. The fourth-order valence-electron chi connectivity index (χ4n) is 2.61. The van der Waals surface area contributed by atoms with Crippen molar-refractivity contribution in [2.75, 3.05) is 23.8 Å². The van der Waals surface area contributed by atoms with E-state index in [4.69, 9.17) is 14.2 Å². The first kappa shape index (κ1) is 24.0. The number of amides is 2. The molecule has 0 spiro atoms. The van der Waals surface area contributed by atoms with Gasteiger partial charge in [0, 0.05) is 6.42 Å². The van der Waals surface area contributed by atoms with E-state index >= 15 is 0 Å². The molecule has 7 nitrogen and oxygen atoms in total. The molecule has 168 valence electrons. The number of hydrogen-bond acceptors (Lipinski definition) is 5. The number of hydrogen-bond donors (Lipinski definition) is 2. The van der Waals surface area contributed by atoms with Crippen LogP contribution in [-0.4, -0.2) is 30.8 Å². The predicted molar refractivity (Wildman–Crippen MR) is 117 cm³/mol. The number of halogens is 1. The first-order valence-corrected chi connectivity index (χ1v) is 10.1. The van der Waals surface area contributed by atoms with Gasteiger partial charge in [0.15, 0.2) is 11.5 Å². The number of ether oxygens (including phenoxy) is 3. The van der Waals surface area contributed by atoms with E-state index in [1.165, 1.54) is 12.1 Å². The van der Waals surface area contributed by atoms with Gasteiger partial charge in [-0.3, -0.25) is 10.1 Å². The minimum absolute atomic E-state index is 0.151. The molecule has 0 aliphatic heterocycles. The van der Waals surface area contributed by atoms with E-state index in [9.17, 15) is 14.0 Å². The molecule has 0 atom stereocenters. The number of nitrogens with one attached hydrogen (secondary N) is 2. The zero-order chi connectivity index (χ0) is 22.9. The highest BCUT2D eigenvalue weighted by Gasteiger charge is 2.18. The summed E-state index contributed by atoms with van der Waals surface area (Å²) in [6.07, 6.45) is -0.105. The van der Waals surface area contributed by atoms with E-state index in [1.54, 1.807) is 26.8 Å². The monoisotopic (exact) mass is 432 g/mol. The maximum absolute atomic E-state index is 13.7. The molecule has 2 aromatic carbocycles. The lowest BCUT2D eigenvalue weighted by molar-refractivity contribution is -0.116. The summed E-state index contributed by atoms with van der Waals surface area (Å²) in [6, 6.07) is 11.0. The SMILES string of the molecule is CCOc1ccccc1OCCCC(=O)Nc1cc(F)ccc1NC(=O)OC(C)(C)C. The molecule has 0 saturated heterocycles. The smallest absolute Gasteiger partial charge is 0.412 e. The Labute approximate surface area is 181 Å². The standard InChI is InChI=1S/C23H29FN2O5/c1-5-29-19-9-6-7-10-20(19)30-14-8-11-21(27)25-18-15-16(24)12-13-17(18)26-22(28)31-23(2,3)4/h6-7,9-10,12-13,15H,5,8,11,14H2,1-4H3,(H,25,27)(H,26,28). The van der Waals surface area contributed by atoms with Crippen molar-refractivity contribution in [2.24, 2.45) is 0 Å². The van der Waals surface area contributed by atoms with Crippen LogP contribution in [-0.2, 0) is 9.53 Å². The molecular formula is C23H29FN2O5. The predicted octanol–water partition coefficient (Wildman–Crippen LogP) is 5.37. The number of anilines is 2. The Morgan fingerprint density at radius 1 is 0.968 bits per heavy atom. The van der Waals surface area contributed by atoms with Gasteiger partial charge < -0.3 is 19.5 Å². The number of para-hydroxylation sites is 2. The average Bonchev–Trinajstić information content (AvgIpc) is 2.67. The molecule has 2 aromatic rings. The zero-order valence-corrected chi connectivity index (χ0v) is 18.3. The third kappa shape index (κ3) is 8.54. The minimum Gasteiger partial charge on any atom is -0.490 e. The van der Waals surface area contributed by atoms with Crippen LogP contribution in [0.4, 0.5) is 20.6 Å². The van der Waals surface area contributed by atoms with Crippen molar-refractivity contribution < 1.29 is 28.2 Å². The lowest BCUT2D eigenvalue weighted by Crippen LogP contribution is -2.27. The van der Waals surface area contributed by atoms with E-state index < -0.39 is 17.5 Å². The molecule has 8 heteroatoms. The highest BCUT2D eigenvalue weighted by atomic mass is 19.1. The average molecular weight is 432 g/mol. The Balaban J connectivity index is 1.89. The Hall–Kier alpha value is -3.29. The second-order valence-corrected chi connectivity index (χ2v) is 7.70. The molecular weight excluding hydrogens is 403 g/mol. The van der Waals surface area contributed by atoms with E-state index in [0.717, 1.165) is 6.07 Å². The number of rotatable bonds is 9. The molecule has 2 rings (SSSR count). The highest BCUT2D eigenvalue weighted by molar-refractivity contribution is 5.97. The maximum atomic E-state index is 13.7. The fourth-order valence-corrected chi connectivity index (χ4v) is 2.61. The van der Waals surface area contributed by atoms with E-state index in [-0.39, 0.29) is 23.7 Å². The van der Waals surface area contributed by atoms with Crippen molar-refractivity contribution in [3.05, 3.63) is 48.3 Å². The Kier molecular flexibility index (Phi) is 8.66. The van der Waals surface area contributed by atoms with Crippen LogP contribution in [0, 0.1) is 5.82 Å². The molecule has 2 amide bonds. The van der Waals surface area contributed by atoms with Crippen LogP contribution in [0.25, 0.3) is 0 Å². The molecule has 0 aliphatic carbocycles. The van der Waals surface area contributed by atoms with Crippen LogP contribution in [0.2, 0.25) is 0 Å². The molecule has 0 unspecified atom stereocenters. The maximum Gasteiger partial charge on any atom is 0.412 e. The summed E-state index contributed by atoms with van der Waals surface area (Å²) in [7, 11) is 0. The van der Waals surface area contributed by atoms with Crippen molar-refractivity contribution in [1.82, 2.24) is 0 Å². The lowest BCUT2D eigenvalue weighted by atomic mass is 10.2. The second-order valence-electron chi connectivity index (χ2n) is 7.70. The van der Waals surface area contributed by atoms with Crippen molar-refractivity contribution in [1.29, 1.82) is 0 Å². The third-order valence-electron chi connectivity index (χ3n) is 3.85. The van der Waals surface area contributed by atoms with Gasteiger partial charge in [-0.25, -0.2) is 9.18 Å². The molecule has 0 radical (unpaired) electrons. The zero-order valence-electron chi connectivity index (χ0n) is 18.3. The van der Waals surface area contributed by atoms with Gasteiger partial charge in [-0.2, -0.15) is 0 Å². The quantitative estimate of drug-likeness (QED) is 0.521. The largest absolute Gasteiger partial charge is 0.490 e. The lowest BCUT2D eigenvalue weighted by Gasteiger charge is -2.20. The summed E-state index contributed by atoms with van der Waals surface area (Å²) >= 11 is 0. The van der Waals surface area contributed by atoms with E-state index in [0.29, 0.717) is 31.1 Å². The van der Waals surface area contributed by atoms with Crippen LogP contribution < -0.4 is 20.1 Å². The normalized spacial score (nSPS) is 10.9. The second kappa shape index (κ2) is 11.2. The van der Waals surface area contributed by atoms with Crippen LogP contribution >= 0.6 is 0 Å². The Morgan fingerprint density at radius 3 is 2.29 bits per heavy atom. The summed E-state index contributed by atoms with van der Waals surface area (Å²) in [5, 5.41) is 5.15. The van der Waals surface area contributed by atoms with Gasteiger partial charge in [0.25, 0.3) is 0 Å². The van der Waals surface area contributed by atoms with Gasteiger partial charge in [-0.05, 0) is 64.4 Å². The van der Waals surface area contributed by atoms with Crippen LogP contribution in [0.15, 0.2) is 42.5 Å². The van der Waals surface area contributed by atoms with Crippen LogP contribution in [0.5, 0.6) is 11.5 Å². The minimum atomic E-state index is -0.698. The van der Waals surface area contributed by atoms with Gasteiger partial charge in [0.2, 0.25) is 5.91 Å². The summed E-state index contributed by atoms with van der Waals surface area (Å²) in [5.41, 5.74) is -0.293. The van der Waals surface area contributed by atoms with Crippen molar-refractivity contribution in [3.63, 3.8) is 0 Å². The summed E-state index contributed by atoms with van der Waals surface area (Å²) in [6.45, 7) is 7.91. The Morgan fingerprint density at radius 2 is 1.65 bits per heavy atom. The van der Waals surface area contributed by atoms with E-state index in [2.05, 4.69) is 10.6 Å². The molecule has 2 N–H and O–H groups in total. The molecule has 0 bridgehead atoms. The van der Waals surface area contributed by atoms with Gasteiger partial charge in [0.05, 0.1) is 24.6 Å². The number of benzene rings is 2. The van der Waals surface area contributed by atoms with Crippen LogP contribution in [0.3, 0.4) is 0 Å². The molecule has 0 aliphatic rings. The fraction of sp³-hybridized carbons (Fsp3) is 0.391. The Bertz CT molecular complexity index is 896. The summed E-state index contributed by atoms with van der Waals surface area (Å²) in [5.74, 6) is 0.381. The van der Waals surface area contributed by atoms with Gasteiger partial charge >= 0.3 is 6.09 Å². The third-order valence-corrected chi connectivity index (χ3v) is 3.85. The first-order chi connectivity index (χ1) is 14.7. The molecule has 31 heavy (non-hydrogen) atoms. The number of carbonyl (C=O) groups excluding carboxylic acids is 2. The van der Waals surface area contributed by atoms with Gasteiger partial charge in [-0.1, -0.05) is 12.1 Å². The van der Waals surface area contributed by atoms with Crippen molar-refractivity contribution in [3.8, 4) is 11.5 Å². The van der Waals surface area contributed by atoms with Crippen LogP contribution in [0.1, 0.15) is 40.5 Å². The topological polar surface area (TPSA) is 85.9 Å². The summed E-state index contributed by atoms with van der Waals surface area (Å²) in [4.78, 5) is 24.3. The van der Waals surface area contributed by atoms with Crippen molar-refractivity contribution in [2.45, 2.75) is 46.1 Å². The first-order valence-electron chi connectivity index (χ1n) is 10.1. The molecule has 0 heterocycles. The van der Waals surface area contributed by atoms with Gasteiger partial charge in [0.1, 0.15) is 11.4 Å². The molecule has 0 aromatic heterocycles.